The van der Waals surface area contributed by atoms with Crippen LogP contribution in [0.4, 0.5) is 5.82 Å². The first kappa shape index (κ1) is 15.1. The van der Waals surface area contributed by atoms with E-state index in [2.05, 4.69) is 36.1 Å². The first-order chi connectivity index (χ1) is 9.97. The third-order valence-corrected chi connectivity index (χ3v) is 5.46. The second kappa shape index (κ2) is 5.76. The van der Waals surface area contributed by atoms with Crippen LogP contribution < -0.4 is 5.32 Å². The second-order valence-corrected chi connectivity index (χ2v) is 8.29. The topological polar surface area (TPSA) is 47.0 Å². The van der Waals surface area contributed by atoms with Gasteiger partial charge in [-0.05, 0) is 31.1 Å². The highest BCUT2D eigenvalue weighted by atomic mass is 32.2. The third-order valence-electron chi connectivity index (χ3n) is 4.24. The summed E-state index contributed by atoms with van der Waals surface area (Å²) in [5.74, 6) is 4.21. The molecule has 1 aromatic heterocycles. The monoisotopic (exact) mass is 307 g/mol. The van der Waals surface area contributed by atoms with Gasteiger partial charge in [-0.2, -0.15) is 11.8 Å². The third kappa shape index (κ3) is 3.51. The molecule has 3 heterocycles. The zero-order chi connectivity index (χ0) is 14.9. The lowest BCUT2D eigenvalue weighted by Crippen LogP contribution is -2.44. The molecular weight excluding hydrogens is 282 g/mol. The van der Waals surface area contributed by atoms with E-state index >= 15 is 0 Å². The number of nitrogens with zero attached hydrogens (tertiary/aromatic N) is 2. The lowest BCUT2D eigenvalue weighted by atomic mass is 9.90. The molecule has 0 unspecified atom stereocenters. The summed E-state index contributed by atoms with van der Waals surface area (Å²) in [5, 5.41) is 3.60. The van der Waals surface area contributed by atoms with Gasteiger partial charge < -0.3 is 10.1 Å². The van der Waals surface area contributed by atoms with Crippen LogP contribution in [-0.2, 0) is 10.2 Å². The maximum Gasteiger partial charge on any atom is 0.135 e. The second-order valence-electron chi connectivity index (χ2n) is 7.18. The van der Waals surface area contributed by atoms with Gasteiger partial charge in [0.1, 0.15) is 11.6 Å². The van der Waals surface area contributed by atoms with Crippen LogP contribution in [0.1, 0.15) is 45.9 Å². The van der Waals surface area contributed by atoms with Crippen LogP contribution in [-0.4, -0.2) is 39.7 Å². The highest BCUT2D eigenvalue weighted by molar-refractivity contribution is 7.99. The molecule has 2 fully saturated rings. The number of ether oxygens (including phenoxy) is 1. The van der Waals surface area contributed by atoms with Crippen LogP contribution in [0, 0.1) is 0 Å². The van der Waals surface area contributed by atoms with Gasteiger partial charge in [0.2, 0.25) is 0 Å². The fourth-order valence-corrected chi connectivity index (χ4v) is 4.40. The quantitative estimate of drug-likeness (QED) is 0.909. The van der Waals surface area contributed by atoms with Crippen LogP contribution in [0.2, 0.25) is 0 Å². The Morgan fingerprint density at radius 2 is 2.29 bits per heavy atom. The molecule has 2 saturated heterocycles. The Morgan fingerprint density at radius 1 is 1.43 bits per heavy atom. The van der Waals surface area contributed by atoms with Crippen molar-refractivity contribution in [1.29, 1.82) is 0 Å². The van der Waals surface area contributed by atoms with E-state index in [4.69, 9.17) is 4.74 Å². The van der Waals surface area contributed by atoms with Crippen LogP contribution in [0.25, 0.3) is 0 Å². The van der Waals surface area contributed by atoms with Crippen molar-refractivity contribution in [2.45, 2.75) is 57.1 Å². The SMILES string of the molecule is CC(C)(C)c1nccc(N[C@H]2CCO[C@@]3(CCSC3)C2)n1. The molecule has 2 aliphatic heterocycles. The lowest BCUT2D eigenvalue weighted by molar-refractivity contribution is -0.0628. The highest BCUT2D eigenvalue weighted by Gasteiger charge is 2.40. The molecule has 3 rings (SSSR count). The van der Waals surface area contributed by atoms with E-state index in [9.17, 15) is 0 Å². The minimum atomic E-state index is -0.0172. The van der Waals surface area contributed by atoms with Gasteiger partial charge in [-0.25, -0.2) is 9.97 Å². The van der Waals surface area contributed by atoms with Crippen molar-refractivity contribution in [2.24, 2.45) is 0 Å². The Kier molecular flexibility index (Phi) is 4.14. The molecule has 2 aliphatic rings. The Morgan fingerprint density at radius 3 is 3.00 bits per heavy atom. The van der Waals surface area contributed by atoms with E-state index in [0.29, 0.717) is 6.04 Å². The van der Waals surface area contributed by atoms with Crippen molar-refractivity contribution in [3.8, 4) is 0 Å². The fourth-order valence-electron chi connectivity index (χ4n) is 3.02. The number of aromatic nitrogens is 2. The molecule has 1 aromatic rings. The van der Waals surface area contributed by atoms with Gasteiger partial charge in [0.05, 0.1) is 5.60 Å². The van der Waals surface area contributed by atoms with Crippen LogP contribution in [0.3, 0.4) is 0 Å². The number of hydrogen-bond donors (Lipinski definition) is 1. The van der Waals surface area contributed by atoms with E-state index < -0.39 is 0 Å². The number of thioether (sulfide) groups is 1. The molecule has 0 aromatic carbocycles. The summed E-state index contributed by atoms with van der Waals surface area (Å²) in [6, 6.07) is 2.43. The van der Waals surface area contributed by atoms with Gasteiger partial charge >= 0.3 is 0 Å². The predicted molar refractivity (Wildman–Crippen MR) is 88.0 cm³/mol. The molecule has 4 nitrogen and oxygen atoms in total. The molecule has 116 valence electrons. The lowest BCUT2D eigenvalue weighted by Gasteiger charge is -2.38. The van der Waals surface area contributed by atoms with Crippen LogP contribution in [0.5, 0.6) is 0 Å². The van der Waals surface area contributed by atoms with Crippen LogP contribution >= 0.6 is 11.8 Å². The van der Waals surface area contributed by atoms with Crippen molar-refractivity contribution < 1.29 is 4.74 Å². The predicted octanol–water partition coefficient (Wildman–Crippen LogP) is 3.24. The first-order valence-electron chi connectivity index (χ1n) is 7.79. The maximum absolute atomic E-state index is 6.08. The standard InChI is InChI=1S/C16H25N3OS/c1-15(2,3)14-17-7-4-13(19-14)18-12-5-8-20-16(10-12)6-9-21-11-16/h4,7,12H,5-6,8-11H2,1-3H3,(H,17,18,19)/t12-,16-/m0/s1. The summed E-state index contributed by atoms with van der Waals surface area (Å²) in [4.78, 5) is 9.08. The number of hydrogen-bond acceptors (Lipinski definition) is 5. The van der Waals surface area contributed by atoms with Crippen molar-refractivity contribution in [3.05, 3.63) is 18.1 Å². The van der Waals surface area contributed by atoms with Crippen molar-refractivity contribution in [1.82, 2.24) is 9.97 Å². The van der Waals surface area contributed by atoms with Gasteiger partial charge in [0, 0.05) is 30.0 Å². The van der Waals surface area contributed by atoms with Crippen molar-refractivity contribution in [2.75, 3.05) is 23.4 Å². The van der Waals surface area contributed by atoms with Crippen molar-refractivity contribution in [3.63, 3.8) is 0 Å². The van der Waals surface area contributed by atoms with E-state index in [0.717, 1.165) is 36.8 Å². The summed E-state index contributed by atoms with van der Waals surface area (Å²) in [5.41, 5.74) is 0.0944. The summed E-state index contributed by atoms with van der Waals surface area (Å²) < 4.78 is 6.08. The average Bonchev–Trinajstić information content (AvgIpc) is 2.86. The summed E-state index contributed by atoms with van der Waals surface area (Å²) >= 11 is 2.02. The zero-order valence-corrected chi connectivity index (χ0v) is 14.0. The largest absolute Gasteiger partial charge is 0.374 e. The van der Waals surface area contributed by atoms with Gasteiger partial charge in [-0.3, -0.25) is 0 Å². The van der Waals surface area contributed by atoms with Gasteiger partial charge in [0.15, 0.2) is 0 Å². The highest BCUT2D eigenvalue weighted by Crippen LogP contribution is 2.38. The fraction of sp³-hybridized carbons (Fsp3) is 0.750. The van der Waals surface area contributed by atoms with Gasteiger partial charge in [-0.1, -0.05) is 20.8 Å². The molecule has 21 heavy (non-hydrogen) atoms. The van der Waals surface area contributed by atoms with Crippen LogP contribution in [0.15, 0.2) is 12.3 Å². The number of rotatable bonds is 2. The zero-order valence-electron chi connectivity index (χ0n) is 13.2. The minimum Gasteiger partial charge on any atom is -0.374 e. The molecule has 0 radical (unpaired) electrons. The van der Waals surface area contributed by atoms with Gasteiger partial charge in [-0.15, -0.1) is 0 Å². The molecular formula is C16H25N3OS. The first-order valence-corrected chi connectivity index (χ1v) is 8.94. The van der Waals surface area contributed by atoms with E-state index in [1.807, 2.05) is 24.0 Å². The van der Waals surface area contributed by atoms with E-state index in [1.54, 1.807) is 0 Å². The molecule has 1 spiro atoms. The number of nitrogens with one attached hydrogen (secondary N) is 1. The molecule has 0 amide bonds. The molecule has 2 atom stereocenters. The molecule has 1 N–H and O–H groups in total. The Labute approximate surface area is 131 Å². The maximum atomic E-state index is 6.08. The Hall–Kier alpha value is -0.810. The molecule has 0 saturated carbocycles. The van der Waals surface area contributed by atoms with Gasteiger partial charge in [0.25, 0.3) is 0 Å². The Balaban J connectivity index is 1.69. The summed E-state index contributed by atoms with van der Waals surface area (Å²) in [7, 11) is 0. The smallest absolute Gasteiger partial charge is 0.135 e. The van der Waals surface area contributed by atoms with E-state index in [-0.39, 0.29) is 11.0 Å². The van der Waals surface area contributed by atoms with Crippen molar-refractivity contribution >= 4 is 17.6 Å². The van der Waals surface area contributed by atoms with E-state index in [1.165, 1.54) is 12.2 Å². The minimum absolute atomic E-state index is 0.0172. The average molecular weight is 307 g/mol. The Bertz CT molecular complexity index is 495. The molecule has 0 aliphatic carbocycles. The normalized spacial score (nSPS) is 29.8. The molecule has 5 heteroatoms. The summed E-state index contributed by atoms with van der Waals surface area (Å²) in [6.07, 6.45) is 5.19. The summed E-state index contributed by atoms with van der Waals surface area (Å²) in [6.45, 7) is 7.29. The molecule has 0 bridgehead atoms. The number of anilines is 1.